The van der Waals surface area contributed by atoms with Crippen LogP contribution in [0.3, 0.4) is 0 Å². The van der Waals surface area contributed by atoms with Crippen molar-refractivity contribution in [1.82, 2.24) is 19.4 Å². The molecule has 0 fully saturated rings. The normalized spacial score (nSPS) is 11.0. The van der Waals surface area contributed by atoms with Crippen molar-refractivity contribution in [3.63, 3.8) is 0 Å². The van der Waals surface area contributed by atoms with Crippen LogP contribution >= 0.6 is 11.3 Å². The number of nitrogens with one attached hydrogen (secondary N) is 1. The second-order valence-electron chi connectivity index (χ2n) is 5.31. The van der Waals surface area contributed by atoms with Gasteiger partial charge in [-0.1, -0.05) is 0 Å². The third-order valence-electron chi connectivity index (χ3n) is 3.83. The molecule has 3 rings (SSSR count). The van der Waals surface area contributed by atoms with Crippen molar-refractivity contribution in [3.05, 3.63) is 50.8 Å². The van der Waals surface area contributed by atoms with E-state index in [4.69, 9.17) is 0 Å². The lowest BCUT2D eigenvalue weighted by molar-refractivity contribution is 0.0797. The molecule has 23 heavy (non-hydrogen) atoms. The highest BCUT2D eigenvalue weighted by atomic mass is 32.1. The smallest absolute Gasteiger partial charge is 0.326 e. The van der Waals surface area contributed by atoms with Gasteiger partial charge in [-0.3, -0.25) is 9.36 Å². The Labute approximate surface area is 137 Å². The number of rotatable bonds is 5. The number of hydrogen-bond acceptors (Lipinski definition) is 4. The number of imidazole rings is 1. The predicted octanol–water partition coefficient (Wildman–Crippen LogP) is 2.12. The number of thiazole rings is 1. The van der Waals surface area contributed by atoms with Crippen molar-refractivity contribution in [2.24, 2.45) is 0 Å². The van der Waals surface area contributed by atoms with Crippen molar-refractivity contribution in [2.45, 2.75) is 19.9 Å². The minimum absolute atomic E-state index is 0.0615. The highest BCUT2D eigenvalue weighted by molar-refractivity contribution is 7.09. The Bertz CT molecular complexity index is 879. The highest BCUT2D eigenvalue weighted by Gasteiger charge is 2.14. The Hall–Kier alpha value is -2.41. The average molecular weight is 330 g/mol. The maximum atomic E-state index is 12.5. The van der Waals surface area contributed by atoms with Crippen LogP contribution in [0.15, 0.2) is 34.6 Å². The van der Waals surface area contributed by atoms with Gasteiger partial charge >= 0.3 is 5.69 Å². The van der Waals surface area contributed by atoms with Gasteiger partial charge in [0.15, 0.2) is 0 Å². The molecule has 0 radical (unpaired) electrons. The molecule has 2 aromatic heterocycles. The van der Waals surface area contributed by atoms with E-state index in [9.17, 15) is 9.59 Å². The Morgan fingerprint density at radius 1 is 1.43 bits per heavy atom. The van der Waals surface area contributed by atoms with E-state index < -0.39 is 0 Å². The maximum Gasteiger partial charge on any atom is 0.326 e. The minimum Gasteiger partial charge on any atom is -0.341 e. The predicted molar refractivity (Wildman–Crippen MR) is 91.0 cm³/mol. The van der Waals surface area contributed by atoms with Crippen molar-refractivity contribution in [1.29, 1.82) is 0 Å². The Balaban J connectivity index is 1.78. The third-order valence-corrected chi connectivity index (χ3v) is 4.67. The van der Waals surface area contributed by atoms with Gasteiger partial charge in [-0.05, 0) is 25.1 Å². The molecule has 1 amide bonds. The number of amides is 1. The fourth-order valence-corrected chi connectivity index (χ4v) is 3.18. The van der Waals surface area contributed by atoms with Crippen molar-refractivity contribution >= 4 is 28.3 Å². The lowest BCUT2D eigenvalue weighted by Crippen LogP contribution is -2.28. The second kappa shape index (κ2) is 6.37. The molecule has 7 heteroatoms. The molecule has 0 spiro atoms. The molecular weight excluding hydrogens is 312 g/mol. The van der Waals surface area contributed by atoms with Gasteiger partial charge in [0.2, 0.25) is 0 Å². The van der Waals surface area contributed by atoms with E-state index in [2.05, 4.69) is 9.97 Å². The summed E-state index contributed by atoms with van der Waals surface area (Å²) in [6.07, 6.45) is 2.51. The van der Waals surface area contributed by atoms with Gasteiger partial charge in [-0.2, -0.15) is 0 Å². The number of nitrogens with zero attached hydrogens (tertiary/aromatic N) is 3. The first-order chi connectivity index (χ1) is 11.1. The average Bonchev–Trinajstić information content (AvgIpc) is 3.17. The van der Waals surface area contributed by atoms with Crippen LogP contribution in [0.1, 0.15) is 22.3 Å². The fourth-order valence-electron chi connectivity index (χ4n) is 2.57. The van der Waals surface area contributed by atoms with Crippen LogP contribution in [-0.4, -0.2) is 38.9 Å². The number of aryl methyl sites for hydroxylation is 1. The summed E-state index contributed by atoms with van der Waals surface area (Å²) in [6.45, 7) is 3.12. The first-order valence-corrected chi connectivity index (χ1v) is 8.34. The summed E-state index contributed by atoms with van der Waals surface area (Å²) in [5.41, 5.74) is 1.93. The van der Waals surface area contributed by atoms with E-state index in [0.717, 1.165) is 16.9 Å². The molecule has 2 heterocycles. The summed E-state index contributed by atoms with van der Waals surface area (Å²) in [6, 6.07) is 5.33. The van der Waals surface area contributed by atoms with E-state index in [1.165, 1.54) is 0 Å². The summed E-state index contributed by atoms with van der Waals surface area (Å²) >= 11 is 1.59. The lowest BCUT2D eigenvalue weighted by atomic mass is 10.1. The molecule has 0 atom stereocenters. The van der Waals surface area contributed by atoms with Crippen LogP contribution in [0, 0.1) is 0 Å². The molecule has 6 nitrogen and oxygen atoms in total. The second-order valence-corrected chi connectivity index (χ2v) is 6.29. The van der Waals surface area contributed by atoms with Crippen LogP contribution < -0.4 is 5.69 Å². The molecule has 0 unspecified atom stereocenters. The number of hydrogen-bond donors (Lipinski definition) is 1. The number of benzene rings is 1. The summed E-state index contributed by atoms with van der Waals surface area (Å²) in [5.74, 6) is -0.0615. The van der Waals surface area contributed by atoms with Crippen molar-refractivity contribution in [2.75, 3.05) is 13.6 Å². The molecule has 0 aliphatic carbocycles. The minimum atomic E-state index is -0.149. The Morgan fingerprint density at radius 3 is 2.96 bits per heavy atom. The van der Waals surface area contributed by atoms with Crippen LogP contribution in [-0.2, 0) is 13.0 Å². The Kier molecular flexibility index (Phi) is 4.29. The van der Waals surface area contributed by atoms with Crippen LogP contribution in [0.25, 0.3) is 11.0 Å². The molecule has 0 saturated heterocycles. The third kappa shape index (κ3) is 3.05. The number of H-pyrrole nitrogens is 1. The van der Waals surface area contributed by atoms with Crippen molar-refractivity contribution < 1.29 is 4.79 Å². The van der Waals surface area contributed by atoms with E-state index >= 15 is 0 Å². The molecule has 0 aliphatic heterocycles. The number of aromatic amines is 1. The van der Waals surface area contributed by atoms with E-state index in [1.807, 2.05) is 18.4 Å². The summed E-state index contributed by atoms with van der Waals surface area (Å²) in [4.78, 5) is 33.0. The maximum absolute atomic E-state index is 12.5. The quantitative estimate of drug-likeness (QED) is 0.779. The fraction of sp³-hybridized carbons (Fsp3) is 0.312. The number of fused-ring (bicyclic) bond motifs is 1. The van der Waals surface area contributed by atoms with Gasteiger partial charge in [0, 0.05) is 43.7 Å². The summed E-state index contributed by atoms with van der Waals surface area (Å²) < 4.78 is 1.65. The van der Waals surface area contributed by atoms with E-state index in [0.29, 0.717) is 24.2 Å². The molecular formula is C16H18N4O2S. The molecule has 0 bridgehead atoms. The summed E-state index contributed by atoms with van der Waals surface area (Å²) in [5, 5.41) is 2.95. The summed E-state index contributed by atoms with van der Waals surface area (Å²) in [7, 11) is 1.78. The zero-order valence-electron chi connectivity index (χ0n) is 13.1. The number of likely N-dealkylation sites (N-methyl/N-ethyl adjacent to an activating group) is 1. The number of carbonyl (C=O) groups is 1. The SMILES string of the molecule is CCn1c(=O)[nH]c2cc(C(=O)N(C)CCc3nccs3)ccc21. The van der Waals surface area contributed by atoms with Gasteiger partial charge in [0.25, 0.3) is 5.91 Å². The van der Waals surface area contributed by atoms with Gasteiger partial charge in [-0.15, -0.1) is 11.3 Å². The van der Waals surface area contributed by atoms with Gasteiger partial charge < -0.3 is 9.88 Å². The zero-order valence-corrected chi connectivity index (χ0v) is 13.9. The van der Waals surface area contributed by atoms with Gasteiger partial charge in [0.05, 0.1) is 16.0 Å². The molecule has 0 saturated carbocycles. The first kappa shape index (κ1) is 15.5. The molecule has 1 aromatic carbocycles. The number of carbonyl (C=O) groups excluding carboxylic acids is 1. The van der Waals surface area contributed by atoms with Crippen molar-refractivity contribution in [3.8, 4) is 0 Å². The Morgan fingerprint density at radius 2 is 2.26 bits per heavy atom. The van der Waals surface area contributed by atoms with Gasteiger partial charge in [0.1, 0.15) is 0 Å². The van der Waals surface area contributed by atoms with E-state index in [1.54, 1.807) is 46.2 Å². The first-order valence-electron chi connectivity index (χ1n) is 7.46. The largest absolute Gasteiger partial charge is 0.341 e. The van der Waals surface area contributed by atoms with E-state index in [-0.39, 0.29) is 11.6 Å². The molecule has 0 aliphatic rings. The van der Waals surface area contributed by atoms with Crippen LogP contribution in [0.5, 0.6) is 0 Å². The molecule has 3 aromatic rings. The standard InChI is InChI=1S/C16H18N4O2S/c1-3-20-13-5-4-11(10-12(13)18-16(20)22)15(21)19(2)8-6-14-17-7-9-23-14/h4-5,7,9-10H,3,6,8H2,1-2H3,(H,18,22). The topological polar surface area (TPSA) is 71.0 Å². The van der Waals surface area contributed by atoms with Gasteiger partial charge in [-0.25, -0.2) is 9.78 Å². The number of aromatic nitrogens is 3. The zero-order chi connectivity index (χ0) is 16.4. The van der Waals surface area contributed by atoms with Crippen LogP contribution in [0.2, 0.25) is 0 Å². The monoisotopic (exact) mass is 330 g/mol. The lowest BCUT2D eigenvalue weighted by Gasteiger charge is -2.16. The molecule has 120 valence electrons. The molecule has 1 N–H and O–H groups in total. The highest BCUT2D eigenvalue weighted by Crippen LogP contribution is 2.15. The van der Waals surface area contributed by atoms with Crippen LogP contribution in [0.4, 0.5) is 0 Å².